The van der Waals surface area contributed by atoms with Crippen LogP contribution in [0.3, 0.4) is 0 Å². The second kappa shape index (κ2) is 4.32. The normalized spacial score (nSPS) is 47.1. The molecule has 1 heterocycles. The minimum absolute atomic E-state index is 0.0688. The van der Waals surface area contributed by atoms with Crippen molar-refractivity contribution in [2.45, 2.75) is 6.85 Å². The maximum atomic E-state index is 8.17. The van der Waals surface area contributed by atoms with Crippen LogP contribution in [0.2, 0.25) is 0 Å². The Labute approximate surface area is 113 Å². The van der Waals surface area contributed by atoms with E-state index in [0.717, 1.165) is 0 Å². The van der Waals surface area contributed by atoms with Crippen molar-refractivity contribution in [2.75, 3.05) is 30.9 Å². The van der Waals surface area contributed by atoms with E-state index in [9.17, 15) is 0 Å². The third-order valence-corrected chi connectivity index (χ3v) is 1.79. The van der Waals surface area contributed by atoms with Crippen LogP contribution in [0, 0.1) is 6.85 Å². The molecule has 0 aromatic heterocycles. The minimum atomic E-state index is -3.34. The molecule has 1 aromatic carbocycles. The number of hydrogen-bond acceptors (Lipinski definition) is 2. The van der Waals surface area contributed by atoms with Gasteiger partial charge >= 0.3 is 0 Å². The van der Waals surface area contributed by atoms with Gasteiger partial charge in [0.25, 0.3) is 0 Å². The van der Waals surface area contributed by atoms with E-state index in [0.29, 0.717) is 0 Å². The summed E-state index contributed by atoms with van der Waals surface area (Å²) in [5, 5.41) is 1.61. The van der Waals surface area contributed by atoms with Crippen LogP contribution in [0.1, 0.15) is 24.8 Å². The van der Waals surface area contributed by atoms with Gasteiger partial charge in [0.1, 0.15) is 0 Å². The number of nitrogens with zero attached hydrogens (tertiary/aromatic N) is 1. The van der Waals surface area contributed by atoms with Crippen molar-refractivity contribution >= 4 is 21.6 Å². The predicted molar refractivity (Wildman–Crippen MR) is 64.0 cm³/mol. The fourth-order valence-corrected chi connectivity index (χ4v) is 1.26. The Balaban J connectivity index is 3.01. The molecule has 0 spiro atoms. The van der Waals surface area contributed by atoms with Crippen LogP contribution in [0.5, 0.6) is 0 Å². The van der Waals surface area contributed by atoms with Crippen molar-refractivity contribution in [1.29, 1.82) is 0 Å². The van der Waals surface area contributed by atoms with Crippen LogP contribution < -0.4 is 10.2 Å². The standard InChI is InChI=1S/C11H15BrN2/c1-9-6-10(12)8-11(7-9)14-4-2-13-3-5-14/h6-8,13H,2-5H2,1H3/i1D3,2D2,3D2,4D2,5D2,6D,7D,8D. The van der Waals surface area contributed by atoms with Crippen molar-refractivity contribution in [2.24, 2.45) is 0 Å². The van der Waals surface area contributed by atoms with E-state index in [1.54, 1.807) is 5.32 Å². The van der Waals surface area contributed by atoms with E-state index >= 15 is 0 Å². The highest BCUT2D eigenvalue weighted by Crippen LogP contribution is 2.22. The Morgan fingerprint density at radius 3 is 3.00 bits per heavy atom. The smallest absolute Gasteiger partial charge is 0.0657 e. The Morgan fingerprint density at radius 1 is 1.50 bits per heavy atom. The van der Waals surface area contributed by atoms with Crippen LogP contribution in [-0.2, 0) is 0 Å². The van der Waals surface area contributed by atoms with Gasteiger partial charge in [-0.3, -0.25) is 0 Å². The van der Waals surface area contributed by atoms with Crippen LogP contribution in [0.15, 0.2) is 22.6 Å². The lowest BCUT2D eigenvalue weighted by atomic mass is 10.2. The predicted octanol–water partition coefficient (Wildman–Crippen LogP) is 2.17. The summed E-state index contributed by atoms with van der Waals surface area (Å²) in [6.45, 7) is -16.1. The number of rotatable bonds is 1. The van der Waals surface area contributed by atoms with Crippen molar-refractivity contribution < 1.29 is 19.2 Å². The lowest BCUT2D eigenvalue weighted by Crippen LogP contribution is -2.43. The molecule has 0 bridgehead atoms. The molecule has 1 aliphatic heterocycles. The Hall–Kier alpha value is -0.540. The minimum Gasteiger partial charge on any atom is -0.369 e. The van der Waals surface area contributed by atoms with E-state index in [1.807, 2.05) is 0 Å². The number of piperazine rings is 1. The molecule has 1 aliphatic rings. The summed E-state index contributed by atoms with van der Waals surface area (Å²) in [4.78, 5) is -0.0688. The molecule has 1 fully saturated rings. The number of hydrogen-bond donors (Lipinski definition) is 1. The Morgan fingerprint density at radius 2 is 2.29 bits per heavy atom. The van der Waals surface area contributed by atoms with Gasteiger partial charge in [-0.25, -0.2) is 0 Å². The molecule has 2 rings (SSSR count). The van der Waals surface area contributed by atoms with Gasteiger partial charge in [-0.15, -0.1) is 0 Å². The van der Waals surface area contributed by atoms with E-state index in [1.165, 1.54) is 0 Å². The zero-order valence-corrected chi connectivity index (χ0v) is 8.41. The molecule has 0 atom stereocenters. The SMILES string of the molecule is [2H]c1c(Br)c([2H])c(C([2H])([2H])[2H])c([2H])c1N1C([2H])([2H])C([2H])([2H])NC([2H])([2H])C1([2H])[2H]. The summed E-state index contributed by atoms with van der Waals surface area (Å²) in [5.41, 5.74) is -1.89. The lowest BCUT2D eigenvalue weighted by molar-refractivity contribution is 0.589. The van der Waals surface area contributed by atoms with Crippen molar-refractivity contribution in [3.05, 3.63) is 28.2 Å². The lowest BCUT2D eigenvalue weighted by Gasteiger charge is -2.29. The highest BCUT2D eigenvalue weighted by molar-refractivity contribution is 9.10. The van der Waals surface area contributed by atoms with Crippen LogP contribution in [-0.4, -0.2) is 26.0 Å². The first-order valence-electron chi connectivity index (χ1n) is 10.6. The van der Waals surface area contributed by atoms with Gasteiger partial charge in [-0.05, 0) is 30.5 Å². The van der Waals surface area contributed by atoms with E-state index in [2.05, 4.69) is 15.9 Å². The van der Waals surface area contributed by atoms with E-state index < -0.39 is 66.7 Å². The molecule has 1 saturated heterocycles. The van der Waals surface area contributed by atoms with Crippen molar-refractivity contribution in [1.82, 2.24) is 5.32 Å². The molecule has 3 heteroatoms. The molecule has 0 amide bonds. The summed E-state index contributed by atoms with van der Waals surface area (Å²) in [7, 11) is 0. The molecule has 76 valence electrons. The highest BCUT2D eigenvalue weighted by Gasteiger charge is 2.10. The molecule has 0 unspecified atom stereocenters. The molecule has 0 aliphatic carbocycles. The first-order chi connectivity index (χ1) is 12.2. The van der Waals surface area contributed by atoms with Gasteiger partial charge in [0, 0.05) is 45.7 Å². The van der Waals surface area contributed by atoms with Gasteiger partial charge in [0.2, 0.25) is 0 Å². The summed E-state index contributed by atoms with van der Waals surface area (Å²) in [6, 6.07) is -2.68. The number of anilines is 1. The van der Waals surface area contributed by atoms with Crippen LogP contribution in [0.4, 0.5) is 5.69 Å². The zero-order valence-electron chi connectivity index (χ0n) is 20.8. The average molecular weight is 269 g/mol. The first kappa shape index (κ1) is 2.58. The number of halogens is 1. The summed E-state index contributed by atoms with van der Waals surface area (Å²) < 4.78 is 110. The monoisotopic (exact) mass is 268 g/mol. The summed E-state index contributed by atoms with van der Waals surface area (Å²) in [6.07, 6.45) is 0. The average Bonchev–Trinajstić information content (AvgIpc) is 2.45. The van der Waals surface area contributed by atoms with Crippen LogP contribution >= 0.6 is 15.9 Å². The second-order valence-corrected chi connectivity index (χ2v) is 3.14. The number of nitrogens with one attached hydrogen (secondary N) is 1. The maximum absolute atomic E-state index is 8.17. The Bertz CT molecular complexity index is 791. The second-order valence-electron chi connectivity index (χ2n) is 2.35. The maximum Gasteiger partial charge on any atom is 0.0657 e. The molecule has 1 N–H and O–H groups in total. The molecule has 0 radical (unpaired) electrons. The zero-order chi connectivity index (χ0) is 22.2. The molecular formula is C11H15BrN2. The highest BCUT2D eigenvalue weighted by atomic mass is 79.9. The van der Waals surface area contributed by atoms with Gasteiger partial charge in [0.15, 0.2) is 0 Å². The first-order valence-corrected chi connectivity index (χ1v) is 4.40. The largest absolute Gasteiger partial charge is 0.369 e. The topological polar surface area (TPSA) is 15.3 Å². The van der Waals surface area contributed by atoms with Gasteiger partial charge in [0.05, 0.1) is 9.60 Å². The fourth-order valence-electron chi connectivity index (χ4n) is 0.876. The Kier molecular flexibility index (Phi) is 0.796. The quantitative estimate of drug-likeness (QED) is 0.840. The third kappa shape index (κ3) is 2.28. The molecule has 14 heavy (non-hydrogen) atoms. The van der Waals surface area contributed by atoms with Crippen molar-refractivity contribution in [3.63, 3.8) is 0 Å². The fraction of sp³-hybridized carbons (Fsp3) is 0.455. The molecule has 2 nitrogen and oxygen atoms in total. The third-order valence-electron chi connectivity index (χ3n) is 1.39. The summed E-state index contributed by atoms with van der Waals surface area (Å²) in [5.74, 6) is 0. The molecule has 0 saturated carbocycles. The van der Waals surface area contributed by atoms with Gasteiger partial charge in [-0.1, -0.05) is 15.9 Å². The van der Waals surface area contributed by atoms with Crippen molar-refractivity contribution in [3.8, 4) is 0 Å². The summed E-state index contributed by atoms with van der Waals surface area (Å²) >= 11 is 2.82. The van der Waals surface area contributed by atoms with Gasteiger partial charge < -0.3 is 10.2 Å². The van der Waals surface area contributed by atoms with Gasteiger partial charge in [-0.2, -0.15) is 0 Å². The van der Waals surface area contributed by atoms with E-state index in [4.69, 9.17) is 19.2 Å². The number of benzene rings is 1. The van der Waals surface area contributed by atoms with Crippen LogP contribution in [0.25, 0.3) is 0 Å². The van der Waals surface area contributed by atoms with E-state index in [-0.39, 0.29) is 4.90 Å². The molecular weight excluding hydrogens is 240 g/mol. The molecule has 1 aromatic rings.